The monoisotopic (exact) mass is 457 g/mol. The van der Waals surface area contributed by atoms with E-state index in [2.05, 4.69) is 16.5 Å². The fraction of sp³-hybridized carbons (Fsp3) is 0.375. The minimum Gasteiger partial charge on any atom is -0.378 e. The summed E-state index contributed by atoms with van der Waals surface area (Å²) >= 11 is 12.7. The van der Waals surface area contributed by atoms with Gasteiger partial charge in [-0.2, -0.15) is 0 Å². The summed E-state index contributed by atoms with van der Waals surface area (Å²) in [6, 6.07) is 11.7. The molecule has 162 valence electrons. The van der Waals surface area contributed by atoms with E-state index in [0.29, 0.717) is 16.6 Å². The van der Waals surface area contributed by atoms with Gasteiger partial charge < -0.3 is 15.1 Å². The molecule has 2 aliphatic heterocycles. The van der Waals surface area contributed by atoms with Crippen LogP contribution in [0.5, 0.6) is 0 Å². The van der Waals surface area contributed by atoms with Gasteiger partial charge in [-0.15, -0.1) is 5.06 Å². The standard InChI is InChI=1S/C24H25Cl2N3O2/c1-24(2,3)23(30)31-29-9-8-15-21(18-12-27-19-6-4-13(25)10-16(18)19)28-20-7-5-14(26)11-17(20)22(15)29/h4-7,10-12,15,21-22,27-28H,8-9H2,1-3H3/t15?,21-,22?/m0/s1. The number of hydrogen-bond donors (Lipinski definition) is 2. The Morgan fingerprint density at radius 2 is 1.84 bits per heavy atom. The molecule has 7 heteroatoms. The number of carbonyl (C=O) groups excluding carboxylic acids is 1. The Kier molecular flexibility index (Phi) is 4.96. The lowest BCUT2D eigenvalue weighted by atomic mass is 9.80. The average molecular weight is 458 g/mol. The minimum absolute atomic E-state index is 0.0456. The molecular weight excluding hydrogens is 433 g/mol. The van der Waals surface area contributed by atoms with Gasteiger partial charge >= 0.3 is 5.97 Å². The van der Waals surface area contributed by atoms with Crippen LogP contribution < -0.4 is 5.32 Å². The lowest BCUT2D eigenvalue weighted by Crippen LogP contribution is -2.38. The highest BCUT2D eigenvalue weighted by Crippen LogP contribution is 2.52. The van der Waals surface area contributed by atoms with Crippen LogP contribution in [0.3, 0.4) is 0 Å². The van der Waals surface area contributed by atoms with Gasteiger partial charge in [0.2, 0.25) is 0 Å². The molecule has 1 saturated heterocycles. The number of H-pyrrole nitrogens is 1. The van der Waals surface area contributed by atoms with Crippen LogP contribution >= 0.6 is 23.2 Å². The summed E-state index contributed by atoms with van der Waals surface area (Å²) < 4.78 is 0. The van der Waals surface area contributed by atoms with Crippen molar-refractivity contribution in [2.75, 3.05) is 11.9 Å². The number of nitrogens with one attached hydrogen (secondary N) is 2. The number of carbonyl (C=O) groups is 1. The van der Waals surface area contributed by atoms with E-state index >= 15 is 0 Å². The second-order valence-corrected chi connectivity index (χ2v) is 10.3. The topological polar surface area (TPSA) is 57.4 Å². The van der Waals surface area contributed by atoms with Crippen molar-refractivity contribution >= 4 is 45.8 Å². The third-order valence-electron chi connectivity index (χ3n) is 6.29. The van der Waals surface area contributed by atoms with Crippen LogP contribution in [-0.4, -0.2) is 22.6 Å². The van der Waals surface area contributed by atoms with E-state index < -0.39 is 5.41 Å². The van der Waals surface area contributed by atoms with E-state index in [1.807, 2.05) is 62.2 Å². The Balaban J connectivity index is 1.58. The SMILES string of the molecule is CC(C)(C)C(=O)ON1CCC2C1c1cc(Cl)ccc1N[C@@H]2c1c[nH]c2ccc(Cl)cc12. The Hall–Kier alpha value is -2.21. The average Bonchev–Trinajstić information content (AvgIpc) is 3.31. The molecule has 0 amide bonds. The molecule has 0 spiro atoms. The lowest BCUT2D eigenvalue weighted by molar-refractivity contribution is -0.207. The highest BCUT2D eigenvalue weighted by molar-refractivity contribution is 6.31. The molecule has 2 aromatic carbocycles. The van der Waals surface area contributed by atoms with Gasteiger partial charge in [0, 0.05) is 45.3 Å². The predicted molar refractivity (Wildman–Crippen MR) is 124 cm³/mol. The molecule has 3 heterocycles. The fourth-order valence-corrected chi connectivity index (χ4v) is 5.08. The molecule has 5 rings (SSSR count). The molecule has 2 N–H and O–H groups in total. The van der Waals surface area contributed by atoms with Crippen molar-refractivity contribution in [3.8, 4) is 0 Å². The highest BCUT2D eigenvalue weighted by atomic mass is 35.5. The Labute approximate surface area is 191 Å². The zero-order valence-corrected chi connectivity index (χ0v) is 19.2. The summed E-state index contributed by atoms with van der Waals surface area (Å²) in [5, 5.41) is 8.06. The Morgan fingerprint density at radius 3 is 2.61 bits per heavy atom. The van der Waals surface area contributed by atoms with E-state index in [0.717, 1.165) is 34.1 Å². The maximum Gasteiger partial charge on any atom is 0.330 e. The first-order valence-corrected chi connectivity index (χ1v) is 11.3. The van der Waals surface area contributed by atoms with E-state index in [1.54, 1.807) is 0 Å². The third-order valence-corrected chi connectivity index (χ3v) is 6.76. The third kappa shape index (κ3) is 3.59. The number of halogens is 2. The zero-order chi connectivity index (χ0) is 21.9. The van der Waals surface area contributed by atoms with E-state index in [9.17, 15) is 4.79 Å². The van der Waals surface area contributed by atoms with Gasteiger partial charge in [0.05, 0.1) is 17.5 Å². The number of benzene rings is 2. The van der Waals surface area contributed by atoms with Crippen molar-refractivity contribution in [2.45, 2.75) is 39.3 Å². The normalized spacial score (nSPS) is 23.3. The summed E-state index contributed by atoms with van der Waals surface area (Å²) in [5.41, 5.74) is 3.71. The van der Waals surface area contributed by atoms with Crippen LogP contribution in [0.1, 0.15) is 50.4 Å². The Morgan fingerprint density at radius 1 is 1.10 bits per heavy atom. The zero-order valence-electron chi connectivity index (χ0n) is 17.7. The number of aromatic amines is 1. The van der Waals surface area contributed by atoms with Crippen molar-refractivity contribution in [2.24, 2.45) is 11.3 Å². The van der Waals surface area contributed by atoms with Crippen LogP contribution in [-0.2, 0) is 9.63 Å². The maximum atomic E-state index is 12.7. The van der Waals surface area contributed by atoms with Gasteiger partial charge in [-0.25, -0.2) is 4.79 Å². The first-order chi connectivity index (χ1) is 14.7. The largest absolute Gasteiger partial charge is 0.378 e. The summed E-state index contributed by atoms with van der Waals surface area (Å²) in [6.07, 6.45) is 2.94. The van der Waals surface area contributed by atoms with Crippen LogP contribution in [0.25, 0.3) is 10.9 Å². The van der Waals surface area contributed by atoms with Gasteiger partial charge in [0.15, 0.2) is 0 Å². The van der Waals surface area contributed by atoms with Gasteiger partial charge in [0.1, 0.15) is 0 Å². The Bertz CT molecular complexity index is 1170. The number of fused-ring (bicyclic) bond motifs is 4. The molecule has 0 radical (unpaired) electrons. The second-order valence-electron chi connectivity index (χ2n) is 9.45. The molecule has 0 saturated carbocycles. The quantitative estimate of drug-likeness (QED) is 0.460. The summed E-state index contributed by atoms with van der Waals surface area (Å²) in [5.74, 6) is -0.0256. The first kappa shape index (κ1) is 20.7. The lowest BCUT2D eigenvalue weighted by Gasteiger charge is -2.39. The van der Waals surface area contributed by atoms with E-state index in [1.165, 1.54) is 0 Å². The molecule has 0 bridgehead atoms. The van der Waals surface area contributed by atoms with Crippen LogP contribution in [0.2, 0.25) is 10.0 Å². The number of rotatable bonds is 2. The fourth-order valence-electron chi connectivity index (χ4n) is 4.73. The van der Waals surface area contributed by atoms with Crippen molar-refractivity contribution in [3.63, 3.8) is 0 Å². The minimum atomic E-state index is -0.574. The molecule has 3 aromatic rings. The van der Waals surface area contributed by atoms with Gasteiger partial charge in [0.25, 0.3) is 0 Å². The highest BCUT2D eigenvalue weighted by Gasteiger charge is 2.47. The number of nitrogens with zero attached hydrogens (tertiary/aromatic N) is 1. The van der Waals surface area contributed by atoms with Crippen molar-refractivity contribution in [1.29, 1.82) is 0 Å². The number of aromatic nitrogens is 1. The maximum absolute atomic E-state index is 12.7. The van der Waals surface area contributed by atoms with Gasteiger partial charge in [-0.3, -0.25) is 0 Å². The van der Waals surface area contributed by atoms with Crippen molar-refractivity contribution in [1.82, 2.24) is 10.0 Å². The summed E-state index contributed by atoms with van der Waals surface area (Å²) in [4.78, 5) is 22.0. The van der Waals surface area contributed by atoms with Crippen LogP contribution in [0.4, 0.5) is 5.69 Å². The molecule has 1 fully saturated rings. The molecule has 1 aromatic heterocycles. The summed E-state index contributed by atoms with van der Waals surface area (Å²) in [7, 11) is 0. The molecule has 5 nitrogen and oxygen atoms in total. The van der Waals surface area contributed by atoms with Crippen molar-refractivity contribution in [3.05, 3.63) is 63.8 Å². The molecule has 0 aliphatic carbocycles. The first-order valence-electron chi connectivity index (χ1n) is 10.5. The molecular formula is C24H25Cl2N3O2. The number of hydrogen-bond acceptors (Lipinski definition) is 4. The van der Waals surface area contributed by atoms with Crippen LogP contribution in [0.15, 0.2) is 42.6 Å². The van der Waals surface area contributed by atoms with Gasteiger partial charge in [-0.05, 0) is 74.7 Å². The van der Waals surface area contributed by atoms with Crippen LogP contribution in [0, 0.1) is 11.3 Å². The molecule has 3 atom stereocenters. The molecule has 2 unspecified atom stereocenters. The van der Waals surface area contributed by atoms with E-state index in [4.69, 9.17) is 28.0 Å². The number of anilines is 1. The molecule has 2 aliphatic rings. The van der Waals surface area contributed by atoms with Crippen molar-refractivity contribution < 1.29 is 9.63 Å². The predicted octanol–water partition coefficient (Wildman–Crippen LogP) is 6.51. The summed E-state index contributed by atoms with van der Waals surface area (Å²) in [6.45, 7) is 6.28. The smallest absolute Gasteiger partial charge is 0.330 e. The molecule has 31 heavy (non-hydrogen) atoms. The second kappa shape index (κ2) is 7.44. The number of hydroxylamine groups is 2. The van der Waals surface area contributed by atoms with Gasteiger partial charge in [-0.1, -0.05) is 23.2 Å². The van der Waals surface area contributed by atoms with E-state index in [-0.39, 0.29) is 24.0 Å².